The Morgan fingerprint density at radius 3 is 2.59 bits per heavy atom. The van der Waals surface area contributed by atoms with Crippen LogP contribution in [0.1, 0.15) is 12.6 Å². The van der Waals surface area contributed by atoms with E-state index in [1.807, 2.05) is 13.2 Å². The van der Waals surface area contributed by atoms with Crippen molar-refractivity contribution in [3.63, 3.8) is 0 Å². The molecule has 0 saturated carbocycles. The summed E-state index contributed by atoms with van der Waals surface area (Å²) in [6, 6.07) is -0.0599. The average molecular weight is 315 g/mol. The quantitative estimate of drug-likeness (QED) is 0.838. The molecule has 8 heteroatoms. The van der Waals surface area contributed by atoms with Crippen molar-refractivity contribution in [3.8, 4) is 0 Å². The smallest absolute Gasteiger partial charge is 0.229 e. The summed E-state index contributed by atoms with van der Waals surface area (Å²) in [5, 5.41) is 0. The largest absolute Gasteiger partial charge is 0.254 e. The van der Waals surface area contributed by atoms with Gasteiger partial charge in [-0.3, -0.25) is 0 Å². The van der Waals surface area contributed by atoms with Gasteiger partial charge in [-0.1, -0.05) is 22.9 Å². The molecule has 4 nitrogen and oxygen atoms in total. The molecule has 0 aliphatic heterocycles. The Kier molecular flexibility index (Phi) is 5.27. The topological polar surface area (TPSA) is 50.3 Å². The Morgan fingerprint density at radius 2 is 2.18 bits per heavy atom. The molecule has 0 aromatic carbocycles. The summed E-state index contributed by atoms with van der Waals surface area (Å²) in [6.45, 7) is 3.54. The number of aryl methyl sites for hydroxylation is 1. The molecular formula is C9H15ClN2O2S3. The van der Waals surface area contributed by atoms with Crippen molar-refractivity contribution >= 4 is 44.7 Å². The SMILES string of the molecule is CSCC(C)N(C)S(=O)(=O)c1sc(Cl)nc1C. The molecule has 0 radical (unpaired) electrons. The number of thioether (sulfide) groups is 1. The van der Waals surface area contributed by atoms with E-state index in [0.717, 1.165) is 17.1 Å². The number of rotatable bonds is 5. The molecule has 0 N–H and O–H groups in total. The van der Waals surface area contributed by atoms with Crippen LogP contribution in [0.4, 0.5) is 0 Å². The van der Waals surface area contributed by atoms with Crippen molar-refractivity contribution in [2.24, 2.45) is 0 Å². The maximum atomic E-state index is 12.3. The average Bonchev–Trinajstić information content (AvgIpc) is 2.57. The molecule has 0 amide bonds. The maximum Gasteiger partial charge on any atom is 0.254 e. The molecule has 0 spiro atoms. The highest BCUT2D eigenvalue weighted by atomic mass is 35.5. The maximum absolute atomic E-state index is 12.3. The van der Waals surface area contributed by atoms with Crippen LogP contribution < -0.4 is 0 Å². The van der Waals surface area contributed by atoms with Gasteiger partial charge in [-0.25, -0.2) is 13.4 Å². The molecule has 1 heterocycles. The fraction of sp³-hybridized carbons (Fsp3) is 0.667. The number of thiazole rings is 1. The Labute approximate surface area is 115 Å². The number of hydrogen-bond acceptors (Lipinski definition) is 5. The number of nitrogens with zero attached hydrogens (tertiary/aromatic N) is 2. The highest BCUT2D eigenvalue weighted by Gasteiger charge is 2.29. The second-order valence-electron chi connectivity index (χ2n) is 3.67. The molecule has 17 heavy (non-hydrogen) atoms. The fourth-order valence-corrected chi connectivity index (χ4v) is 5.37. The third kappa shape index (κ3) is 3.35. The lowest BCUT2D eigenvalue weighted by Gasteiger charge is -2.22. The molecule has 0 saturated heterocycles. The lowest BCUT2D eigenvalue weighted by Crippen LogP contribution is -2.36. The van der Waals surface area contributed by atoms with Crippen molar-refractivity contribution in [2.75, 3.05) is 19.1 Å². The Balaban J connectivity index is 3.07. The first-order valence-electron chi connectivity index (χ1n) is 4.90. The predicted octanol–water partition coefficient (Wildman–Crippen LogP) is 2.48. The van der Waals surface area contributed by atoms with Gasteiger partial charge in [-0.2, -0.15) is 16.1 Å². The standard InChI is InChI=1S/C9H15ClN2O2S3/c1-6(5-15-4)12(3)17(13,14)8-7(2)11-9(10)16-8/h6H,5H2,1-4H3. The summed E-state index contributed by atoms with van der Waals surface area (Å²) < 4.78 is 26.5. The summed E-state index contributed by atoms with van der Waals surface area (Å²) in [5.41, 5.74) is 0.461. The zero-order valence-corrected chi connectivity index (χ0v) is 13.3. The van der Waals surface area contributed by atoms with Gasteiger partial charge in [-0.15, -0.1) is 0 Å². The van der Waals surface area contributed by atoms with Gasteiger partial charge in [0, 0.05) is 18.8 Å². The molecule has 0 bridgehead atoms. The van der Waals surface area contributed by atoms with Crippen LogP contribution in [0.2, 0.25) is 4.47 Å². The molecule has 0 fully saturated rings. The van der Waals surface area contributed by atoms with Crippen LogP contribution in [-0.2, 0) is 10.0 Å². The van der Waals surface area contributed by atoms with Crippen LogP contribution >= 0.6 is 34.7 Å². The molecule has 0 aliphatic rings. The predicted molar refractivity (Wildman–Crippen MR) is 74.7 cm³/mol. The van der Waals surface area contributed by atoms with Gasteiger partial charge in [0.25, 0.3) is 10.0 Å². The van der Waals surface area contributed by atoms with E-state index >= 15 is 0 Å². The van der Waals surface area contributed by atoms with E-state index in [9.17, 15) is 8.42 Å². The zero-order chi connectivity index (χ0) is 13.2. The van der Waals surface area contributed by atoms with Crippen LogP contribution in [0.25, 0.3) is 0 Å². The molecule has 1 rings (SSSR count). The van der Waals surface area contributed by atoms with Crippen LogP contribution in [0, 0.1) is 6.92 Å². The zero-order valence-electron chi connectivity index (χ0n) is 10.1. The monoisotopic (exact) mass is 314 g/mol. The van der Waals surface area contributed by atoms with Crippen LogP contribution in [0.3, 0.4) is 0 Å². The first kappa shape index (κ1) is 15.2. The lowest BCUT2D eigenvalue weighted by molar-refractivity contribution is 0.416. The molecule has 98 valence electrons. The second-order valence-corrected chi connectivity index (χ2v) is 8.35. The molecular weight excluding hydrogens is 300 g/mol. The highest BCUT2D eigenvalue weighted by Crippen LogP contribution is 2.29. The van der Waals surface area contributed by atoms with E-state index < -0.39 is 10.0 Å². The fourth-order valence-electron chi connectivity index (χ4n) is 1.30. The van der Waals surface area contributed by atoms with Crippen molar-refractivity contribution < 1.29 is 8.42 Å². The van der Waals surface area contributed by atoms with E-state index in [0.29, 0.717) is 5.69 Å². The summed E-state index contributed by atoms with van der Waals surface area (Å²) in [7, 11) is -1.89. The summed E-state index contributed by atoms with van der Waals surface area (Å²) in [5.74, 6) is 0.751. The van der Waals surface area contributed by atoms with Gasteiger partial charge >= 0.3 is 0 Å². The molecule has 1 aromatic rings. The van der Waals surface area contributed by atoms with Gasteiger partial charge < -0.3 is 0 Å². The molecule has 1 aromatic heterocycles. The minimum absolute atomic E-state index is 0.0599. The Morgan fingerprint density at radius 1 is 1.59 bits per heavy atom. The normalized spacial score (nSPS) is 14.2. The number of hydrogen-bond donors (Lipinski definition) is 0. The number of sulfonamides is 1. The highest BCUT2D eigenvalue weighted by molar-refractivity contribution is 7.98. The van der Waals surface area contributed by atoms with Crippen molar-refractivity contribution in [2.45, 2.75) is 24.1 Å². The van der Waals surface area contributed by atoms with Crippen molar-refractivity contribution in [3.05, 3.63) is 10.2 Å². The molecule has 0 aliphatic carbocycles. The summed E-state index contributed by atoms with van der Waals surface area (Å²) >= 11 is 8.35. The Bertz CT molecular complexity index is 486. The van der Waals surface area contributed by atoms with Gasteiger partial charge in [-0.05, 0) is 20.1 Å². The van der Waals surface area contributed by atoms with Crippen molar-refractivity contribution in [1.82, 2.24) is 9.29 Å². The van der Waals surface area contributed by atoms with Gasteiger partial charge in [0.05, 0.1) is 5.69 Å². The third-order valence-electron chi connectivity index (χ3n) is 2.37. The first-order chi connectivity index (χ1) is 7.80. The minimum atomic E-state index is -3.48. The second kappa shape index (κ2) is 5.88. The van der Waals surface area contributed by atoms with E-state index in [-0.39, 0.29) is 14.7 Å². The van der Waals surface area contributed by atoms with E-state index in [1.54, 1.807) is 25.7 Å². The van der Waals surface area contributed by atoms with Crippen LogP contribution in [0.15, 0.2) is 4.21 Å². The third-order valence-corrected chi connectivity index (χ3v) is 7.01. The summed E-state index contributed by atoms with van der Waals surface area (Å²) in [4.78, 5) is 3.94. The van der Waals surface area contributed by atoms with Gasteiger partial charge in [0.15, 0.2) is 8.68 Å². The lowest BCUT2D eigenvalue weighted by atomic mass is 10.4. The van der Waals surface area contributed by atoms with E-state index in [2.05, 4.69) is 4.98 Å². The number of aromatic nitrogens is 1. The van der Waals surface area contributed by atoms with E-state index in [4.69, 9.17) is 11.6 Å². The molecule has 1 atom stereocenters. The molecule has 1 unspecified atom stereocenters. The summed E-state index contributed by atoms with van der Waals surface area (Å²) in [6.07, 6.45) is 1.95. The van der Waals surface area contributed by atoms with Crippen molar-refractivity contribution in [1.29, 1.82) is 0 Å². The first-order valence-corrected chi connectivity index (χ1v) is 8.93. The van der Waals surface area contributed by atoms with Gasteiger partial charge in [0.2, 0.25) is 0 Å². The van der Waals surface area contributed by atoms with E-state index in [1.165, 1.54) is 4.31 Å². The Hall–Kier alpha value is 0.180. The van der Waals surface area contributed by atoms with Crippen LogP contribution in [-0.4, -0.2) is 42.8 Å². The van der Waals surface area contributed by atoms with Crippen LogP contribution in [0.5, 0.6) is 0 Å². The number of halogens is 1. The van der Waals surface area contributed by atoms with Gasteiger partial charge in [0.1, 0.15) is 0 Å². The minimum Gasteiger partial charge on any atom is -0.229 e.